The first-order chi connectivity index (χ1) is 13.6. The van der Waals surface area contributed by atoms with E-state index in [2.05, 4.69) is 20.6 Å². The van der Waals surface area contributed by atoms with E-state index >= 15 is 0 Å². The second-order valence-corrected chi connectivity index (χ2v) is 5.86. The van der Waals surface area contributed by atoms with E-state index in [4.69, 9.17) is 18.9 Å². The molecule has 2 amide bonds. The van der Waals surface area contributed by atoms with E-state index in [1.165, 1.54) is 21.3 Å². The van der Waals surface area contributed by atoms with Crippen molar-refractivity contribution in [3.8, 4) is 17.2 Å². The fourth-order valence-electron chi connectivity index (χ4n) is 2.76. The Labute approximate surface area is 162 Å². The molecular formula is C18H23N5O5. The minimum atomic E-state index is -0.447. The summed E-state index contributed by atoms with van der Waals surface area (Å²) in [4.78, 5) is 22.9. The van der Waals surface area contributed by atoms with Crippen LogP contribution in [0, 0.1) is 0 Å². The predicted octanol–water partition coefficient (Wildman–Crippen LogP) is 1.98. The van der Waals surface area contributed by atoms with Crippen molar-refractivity contribution in [2.45, 2.75) is 0 Å². The number of carbonyl (C=O) groups excluding carboxylic acids is 1. The standard InChI is InChI=1S/C18H23N5O5/c1-25-14-8-12(9-15(26-2)16(14)27-3)21-18(24)22-13-10-19-17(20-11-13)23-4-6-28-7-5-23/h8-11H,4-7H2,1-3H3,(H2,21,22,24). The molecule has 0 radical (unpaired) electrons. The van der Waals surface area contributed by atoms with Gasteiger partial charge >= 0.3 is 6.03 Å². The number of hydrogen-bond acceptors (Lipinski definition) is 8. The van der Waals surface area contributed by atoms with Crippen molar-refractivity contribution in [1.29, 1.82) is 0 Å². The number of amides is 2. The van der Waals surface area contributed by atoms with Crippen molar-refractivity contribution in [2.24, 2.45) is 0 Å². The molecule has 10 nitrogen and oxygen atoms in total. The van der Waals surface area contributed by atoms with Crippen LogP contribution in [0.2, 0.25) is 0 Å². The van der Waals surface area contributed by atoms with Gasteiger partial charge in [-0.05, 0) is 0 Å². The zero-order valence-electron chi connectivity index (χ0n) is 16.0. The number of benzene rings is 1. The third kappa shape index (κ3) is 4.52. The number of ether oxygens (including phenoxy) is 4. The van der Waals surface area contributed by atoms with Crippen molar-refractivity contribution in [3.05, 3.63) is 24.5 Å². The minimum absolute atomic E-state index is 0.440. The summed E-state index contributed by atoms with van der Waals surface area (Å²) in [6, 6.07) is 2.83. The molecule has 1 aromatic carbocycles. The largest absolute Gasteiger partial charge is 0.493 e. The molecule has 0 spiro atoms. The topological polar surface area (TPSA) is 107 Å². The quantitative estimate of drug-likeness (QED) is 0.772. The van der Waals surface area contributed by atoms with Gasteiger partial charge in [0.15, 0.2) is 11.5 Å². The predicted molar refractivity (Wildman–Crippen MR) is 104 cm³/mol. The van der Waals surface area contributed by atoms with Gasteiger partial charge in [0, 0.05) is 25.2 Å². The van der Waals surface area contributed by atoms with Crippen molar-refractivity contribution >= 4 is 23.4 Å². The molecule has 1 aliphatic heterocycles. The van der Waals surface area contributed by atoms with Gasteiger partial charge in [0.1, 0.15) is 0 Å². The minimum Gasteiger partial charge on any atom is -0.493 e. The first kappa shape index (κ1) is 19.5. The van der Waals surface area contributed by atoms with Gasteiger partial charge < -0.3 is 34.5 Å². The number of nitrogens with one attached hydrogen (secondary N) is 2. The highest BCUT2D eigenvalue weighted by Crippen LogP contribution is 2.39. The van der Waals surface area contributed by atoms with Crippen LogP contribution in [0.5, 0.6) is 17.2 Å². The third-order valence-corrected chi connectivity index (χ3v) is 4.11. The van der Waals surface area contributed by atoms with Crippen molar-refractivity contribution in [1.82, 2.24) is 9.97 Å². The molecule has 0 saturated carbocycles. The van der Waals surface area contributed by atoms with Crippen LogP contribution in [0.25, 0.3) is 0 Å². The summed E-state index contributed by atoms with van der Waals surface area (Å²) in [5.41, 5.74) is 0.958. The SMILES string of the molecule is COc1cc(NC(=O)Nc2cnc(N3CCOCC3)nc2)cc(OC)c1OC. The molecule has 0 unspecified atom stereocenters. The lowest BCUT2D eigenvalue weighted by Gasteiger charge is -2.26. The van der Waals surface area contributed by atoms with Gasteiger partial charge in [0.05, 0.1) is 58.3 Å². The number of urea groups is 1. The van der Waals surface area contributed by atoms with Crippen LogP contribution in [0.15, 0.2) is 24.5 Å². The number of nitrogens with zero attached hydrogens (tertiary/aromatic N) is 3. The Kier molecular flexibility index (Phi) is 6.33. The van der Waals surface area contributed by atoms with E-state index in [0.29, 0.717) is 47.8 Å². The van der Waals surface area contributed by atoms with Gasteiger partial charge in [-0.1, -0.05) is 0 Å². The third-order valence-electron chi connectivity index (χ3n) is 4.11. The normalized spacial score (nSPS) is 13.6. The van der Waals surface area contributed by atoms with Crippen LogP contribution in [-0.4, -0.2) is 63.6 Å². The highest BCUT2D eigenvalue weighted by Gasteiger charge is 2.16. The highest BCUT2D eigenvalue weighted by molar-refractivity contribution is 6.00. The van der Waals surface area contributed by atoms with E-state index in [9.17, 15) is 4.79 Å². The molecule has 0 bridgehead atoms. The summed E-state index contributed by atoms with van der Waals surface area (Å²) in [6.45, 7) is 2.80. The van der Waals surface area contributed by atoms with E-state index in [0.717, 1.165) is 13.1 Å². The van der Waals surface area contributed by atoms with E-state index in [1.807, 2.05) is 4.90 Å². The number of morpholine rings is 1. The van der Waals surface area contributed by atoms with E-state index in [-0.39, 0.29) is 0 Å². The Morgan fingerprint density at radius 1 is 0.964 bits per heavy atom. The van der Waals surface area contributed by atoms with Gasteiger partial charge in [0.25, 0.3) is 0 Å². The van der Waals surface area contributed by atoms with Crippen molar-refractivity contribution in [2.75, 3.05) is 63.2 Å². The molecule has 1 aromatic heterocycles. The first-order valence-electron chi connectivity index (χ1n) is 8.67. The zero-order chi connectivity index (χ0) is 19.9. The Morgan fingerprint density at radius 3 is 2.07 bits per heavy atom. The van der Waals surface area contributed by atoms with E-state index < -0.39 is 6.03 Å². The fraction of sp³-hybridized carbons (Fsp3) is 0.389. The molecule has 2 N–H and O–H groups in total. The second kappa shape index (κ2) is 9.09. The lowest BCUT2D eigenvalue weighted by Crippen LogP contribution is -2.37. The van der Waals surface area contributed by atoms with Crippen molar-refractivity contribution in [3.63, 3.8) is 0 Å². The van der Waals surface area contributed by atoms with Gasteiger partial charge in [-0.3, -0.25) is 0 Å². The Bertz CT molecular complexity index is 784. The molecular weight excluding hydrogens is 366 g/mol. The molecule has 2 aromatic rings. The van der Waals surface area contributed by atoms with Crippen LogP contribution >= 0.6 is 0 Å². The molecule has 28 heavy (non-hydrogen) atoms. The number of rotatable bonds is 6. The molecule has 150 valence electrons. The average Bonchev–Trinajstić information content (AvgIpc) is 2.74. The highest BCUT2D eigenvalue weighted by atomic mass is 16.5. The Hall–Kier alpha value is -3.27. The lowest BCUT2D eigenvalue weighted by molar-refractivity contribution is 0.122. The van der Waals surface area contributed by atoms with E-state index in [1.54, 1.807) is 24.5 Å². The number of carbonyl (C=O) groups is 1. The number of hydrogen-bond donors (Lipinski definition) is 2. The molecule has 2 heterocycles. The monoisotopic (exact) mass is 389 g/mol. The summed E-state index contributed by atoms with van der Waals surface area (Å²) in [5, 5.41) is 5.41. The summed E-state index contributed by atoms with van der Waals surface area (Å²) in [7, 11) is 4.53. The molecule has 1 saturated heterocycles. The molecule has 0 aliphatic carbocycles. The Morgan fingerprint density at radius 2 is 1.54 bits per heavy atom. The van der Waals surface area contributed by atoms with Gasteiger partial charge in [0.2, 0.25) is 11.7 Å². The van der Waals surface area contributed by atoms with Gasteiger partial charge in [-0.15, -0.1) is 0 Å². The van der Waals surface area contributed by atoms with Crippen LogP contribution in [0.4, 0.5) is 22.1 Å². The average molecular weight is 389 g/mol. The Balaban J connectivity index is 1.65. The first-order valence-corrected chi connectivity index (χ1v) is 8.67. The smallest absolute Gasteiger partial charge is 0.323 e. The fourth-order valence-corrected chi connectivity index (χ4v) is 2.76. The molecule has 1 fully saturated rings. The van der Waals surface area contributed by atoms with Crippen molar-refractivity contribution < 1.29 is 23.7 Å². The summed E-state index contributed by atoms with van der Waals surface area (Å²) in [5.74, 6) is 1.94. The number of methoxy groups -OCH3 is 3. The maximum absolute atomic E-state index is 12.3. The second-order valence-electron chi connectivity index (χ2n) is 5.86. The summed E-state index contributed by atoms with van der Waals surface area (Å²) in [6.07, 6.45) is 3.12. The maximum atomic E-state index is 12.3. The maximum Gasteiger partial charge on any atom is 0.323 e. The zero-order valence-corrected chi connectivity index (χ0v) is 16.0. The number of anilines is 3. The summed E-state index contributed by atoms with van der Waals surface area (Å²) < 4.78 is 21.1. The molecule has 3 rings (SSSR count). The lowest BCUT2D eigenvalue weighted by atomic mass is 10.2. The van der Waals surface area contributed by atoms with Crippen LogP contribution in [0.1, 0.15) is 0 Å². The van der Waals surface area contributed by atoms with Crippen LogP contribution in [0.3, 0.4) is 0 Å². The molecule has 10 heteroatoms. The van der Waals surface area contributed by atoms with Crippen LogP contribution < -0.4 is 29.7 Å². The molecule has 1 aliphatic rings. The number of aromatic nitrogens is 2. The molecule has 0 atom stereocenters. The van der Waals surface area contributed by atoms with Crippen LogP contribution in [-0.2, 0) is 4.74 Å². The van der Waals surface area contributed by atoms with Gasteiger partial charge in [-0.25, -0.2) is 14.8 Å². The summed E-state index contributed by atoms with van der Waals surface area (Å²) >= 11 is 0. The van der Waals surface area contributed by atoms with Gasteiger partial charge in [-0.2, -0.15) is 0 Å².